The molecule has 0 fully saturated rings. The van der Waals surface area contributed by atoms with E-state index in [1.165, 1.54) is 0 Å². The molecular formula is C9H5BrF2N2O2. The quantitative estimate of drug-likeness (QED) is 0.868. The van der Waals surface area contributed by atoms with Crippen LogP contribution in [0.5, 0.6) is 0 Å². The van der Waals surface area contributed by atoms with Gasteiger partial charge in [-0.25, -0.2) is 18.6 Å². The first-order valence-corrected chi connectivity index (χ1v) is 5.14. The summed E-state index contributed by atoms with van der Waals surface area (Å²) >= 11 is 2.96. The molecule has 16 heavy (non-hydrogen) atoms. The Morgan fingerprint density at radius 2 is 2.31 bits per heavy atom. The Hall–Kier alpha value is -1.55. The molecule has 0 radical (unpaired) electrons. The minimum atomic E-state index is -2.92. The van der Waals surface area contributed by atoms with Crippen LogP contribution in [-0.4, -0.2) is 16.1 Å². The summed E-state index contributed by atoms with van der Waals surface area (Å²) in [5.41, 5.74) is -1.33. The number of aromatic nitrogens is 1. The summed E-state index contributed by atoms with van der Waals surface area (Å²) in [4.78, 5) is 13.9. The van der Waals surface area contributed by atoms with Gasteiger partial charge in [-0.2, -0.15) is 5.26 Å². The summed E-state index contributed by atoms with van der Waals surface area (Å²) in [5, 5.41) is 17.4. The number of hydrogen-bond acceptors (Lipinski definition) is 3. The second-order valence-corrected chi connectivity index (χ2v) is 3.33. The van der Waals surface area contributed by atoms with E-state index in [0.717, 1.165) is 6.07 Å². The maximum Gasteiger partial charge on any atom is 0.354 e. The van der Waals surface area contributed by atoms with Gasteiger partial charge in [0.15, 0.2) is 0 Å². The standard InChI is InChI=1S/C9H5BrF2N2O2/c10-2-5-4(3-13)1-6(9(15)16)14-7(5)8(11)12/h1,8H,2H2,(H,15,16). The van der Waals surface area contributed by atoms with Crippen LogP contribution < -0.4 is 0 Å². The lowest BCUT2D eigenvalue weighted by atomic mass is 10.1. The fourth-order valence-electron chi connectivity index (χ4n) is 1.12. The molecule has 0 atom stereocenters. The number of carboxylic acid groups (broad SMARTS) is 1. The minimum absolute atomic E-state index is 0.0162. The molecule has 0 saturated carbocycles. The van der Waals surface area contributed by atoms with Gasteiger partial charge in [0.05, 0.1) is 11.6 Å². The number of nitriles is 1. The van der Waals surface area contributed by atoms with Crippen LogP contribution >= 0.6 is 15.9 Å². The van der Waals surface area contributed by atoms with E-state index in [0.29, 0.717) is 0 Å². The molecule has 7 heteroatoms. The molecule has 0 aliphatic carbocycles. The third kappa shape index (κ3) is 2.33. The van der Waals surface area contributed by atoms with Crippen molar-refractivity contribution in [2.24, 2.45) is 0 Å². The van der Waals surface area contributed by atoms with Crippen LogP contribution in [0, 0.1) is 11.3 Å². The Morgan fingerprint density at radius 3 is 2.69 bits per heavy atom. The van der Waals surface area contributed by atoms with Crippen molar-refractivity contribution in [3.05, 3.63) is 28.6 Å². The topological polar surface area (TPSA) is 74.0 Å². The van der Waals surface area contributed by atoms with Crippen LogP contribution in [0.15, 0.2) is 6.07 Å². The summed E-state index contributed by atoms with van der Waals surface area (Å²) in [5.74, 6) is -1.44. The van der Waals surface area contributed by atoms with Gasteiger partial charge in [0.1, 0.15) is 11.4 Å². The van der Waals surface area contributed by atoms with E-state index >= 15 is 0 Å². The van der Waals surface area contributed by atoms with E-state index in [1.54, 1.807) is 6.07 Å². The molecule has 0 aromatic carbocycles. The second kappa shape index (κ2) is 4.99. The lowest BCUT2D eigenvalue weighted by Crippen LogP contribution is -2.08. The average molecular weight is 291 g/mol. The lowest BCUT2D eigenvalue weighted by Gasteiger charge is -2.08. The first-order chi connectivity index (χ1) is 7.51. The number of carbonyl (C=O) groups is 1. The van der Waals surface area contributed by atoms with Gasteiger partial charge in [-0.05, 0) is 6.07 Å². The maximum atomic E-state index is 12.6. The molecule has 0 unspecified atom stereocenters. The smallest absolute Gasteiger partial charge is 0.354 e. The van der Waals surface area contributed by atoms with Gasteiger partial charge >= 0.3 is 5.97 Å². The Bertz CT molecular complexity index is 471. The highest BCUT2D eigenvalue weighted by molar-refractivity contribution is 9.08. The zero-order valence-corrected chi connectivity index (χ0v) is 9.33. The first-order valence-electron chi connectivity index (χ1n) is 4.02. The van der Waals surface area contributed by atoms with Gasteiger partial charge in [-0.1, -0.05) is 15.9 Å². The molecule has 0 amide bonds. The molecule has 0 aliphatic heterocycles. The van der Waals surface area contributed by atoms with Crippen LogP contribution in [0.25, 0.3) is 0 Å². The van der Waals surface area contributed by atoms with Crippen LogP contribution in [0.2, 0.25) is 0 Å². The molecule has 1 heterocycles. The molecule has 1 N–H and O–H groups in total. The minimum Gasteiger partial charge on any atom is -0.477 e. The molecule has 1 aromatic heterocycles. The third-order valence-electron chi connectivity index (χ3n) is 1.84. The van der Waals surface area contributed by atoms with E-state index in [9.17, 15) is 13.6 Å². The number of halogens is 3. The van der Waals surface area contributed by atoms with Crippen molar-refractivity contribution in [3.63, 3.8) is 0 Å². The highest BCUT2D eigenvalue weighted by Crippen LogP contribution is 2.26. The van der Waals surface area contributed by atoms with Crippen molar-refractivity contribution >= 4 is 21.9 Å². The molecule has 1 rings (SSSR count). The van der Waals surface area contributed by atoms with Crippen LogP contribution in [0.3, 0.4) is 0 Å². The molecule has 0 bridgehead atoms. The first kappa shape index (κ1) is 12.5. The third-order valence-corrected chi connectivity index (χ3v) is 2.40. The van der Waals surface area contributed by atoms with Crippen molar-refractivity contribution < 1.29 is 18.7 Å². The van der Waals surface area contributed by atoms with Gasteiger partial charge in [0.25, 0.3) is 6.43 Å². The van der Waals surface area contributed by atoms with E-state index < -0.39 is 23.8 Å². The number of alkyl halides is 3. The fourth-order valence-corrected chi connectivity index (χ4v) is 1.71. The van der Waals surface area contributed by atoms with Crippen molar-refractivity contribution in [1.82, 2.24) is 4.98 Å². The van der Waals surface area contributed by atoms with E-state index in [1.807, 2.05) is 0 Å². The van der Waals surface area contributed by atoms with Crippen molar-refractivity contribution in [1.29, 1.82) is 5.26 Å². The molecule has 0 saturated heterocycles. The molecule has 4 nitrogen and oxygen atoms in total. The van der Waals surface area contributed by atoms with Crippen LogP contribution in [-0.2, 0) is 5.33 Å². The predicted octanol–water partition coefficient (Wildman–Crippen LogP) is 2.48. The number of pyridine rings is 1. The van der Waals surface area contributed by atoms with Gasteiger partial charge in [-0.15, -0.1) is 0 Å². The number of hydrogen-bond donors (Lipinski definition) is 1. The molecule has 0 aliphatic rings. The Morgan fingerprint density at radius 1 is 1.69 bits per heavy atom. The normalized spacial score (nSPS) is 10.2. The van der Waals surface area contributed by atoms with Gasteiger partial charge in [0, 0.05) is 10.9 Å². The average Bonchev–Trinajstić information content (AvgIpc) is 2.26. The summed E-state index contributed by atoms with van der Waals surface area (Å²) in [6.45, 7) is 0. The zero-order valence-electron chi connectivity index (χ0n) is 7.75. The number of aromatic carboxylic acids is 1. The Balaban J connectivity index is 3.51. The maximum absolute atomic E-state index is 12.6. The number of nitrogens with zero attached hydrogens (tertiary/aromatic N) is 2. The Kier molecular flexibility index (Phi) is 3.90. The van der Waals surface area contributed by atoms with Gasteiger partial charge < -0.3 is 5.11 Å². The molecular weight excluding hydrogens is 286 g/mol. The van der Waals surface area contributed by atoms with Crippen LogP contribution in [0.4, 0.5) is 8.78 Å². The monoisotopic (exact) mass is 290 g/mol. The Labute approximate surface area is 97.7 Å². The highest BCUT2D eigenvalue weighted by Gasteiger charge is 2.21. The summed E-state index contributed by atoms with van der Waals surface area (Å²) in [6.07, 6.45) is -2.92. The van der Waals surface area contributed by atoms with Crippen LogP contribution in [0.1, 0.15) is 33.7 Å². The van der Waals surface area contributed by atoms with E-state index in [4.69, 9.17) is 10.4 Å². The van der Waals surface area contributed by atoms with Gasteiger partial charge in [-0.3, -0.25) is 0 Å². The van der Waals surface area contributed by atoms with Crippen molar-refractivity contribution in [2.75, 3.05) is 0 Å². The predicted molar refractivity (Wildman–Crippen MR) is 53.5 cm³/mol. The van der Waals surface area contributed by atoms with E-state index in [-0.39, 0.29) is 16.5 Å². The number of rotatable bonds is 3. The van der Waals surface area contributed by atoms with Crippen molar-refractivity contribution in [2.45, 2.75) is 11.8 Å². The van der Waals surface area contributed by atoms with Crippen molar-refractivity contribution in [3.8, 4) is 6.07 Å². The number of carboxylic acids is 1. The SMILES string of the molecule is N#Cc1cc(C(=O)O)nc(C(F)F)c1CBr. The molecule has 0 spiro atoms. The summed E-state index contributed by atoms with van der Waals surface area (Å²) in [7, 11) is 0. The molecule has 84 valence electrons. The fraction of sp³-hybridized carbons (Fsp3) is 0.222. The molecule has 1 aromatic rings. The largest absolute Gasteiger partial charge is 0.477 e. The lowest BCUT2D eigenvalue weighted by molar-refractivity contribution is 0.0688. The highest BCUT2D eigenvalue weighted by atomic mass is 79.9. The summed E-state index contributed by atoms with van der Waals surface area (Å²) in [6, 6.07) is 2.65. The van der Waals surface area contributed by atoms with Gasteiger partial charge in [0.2, 0.25) is 0 Å². The zero-order chi connectivity index (χ0) is 12.3. The summed E-state index contributed by atoms with van der Waals surface area (Å²) < 4.78 is 25.2. The second-order valence-electron chi connectivity index (χ2n) is 2.77. The van der Waals surface area contributed by atoms with E-state index in [2.05, 4.69) is 20.9 Å².